The van der Waals surface area contributed by atoms with Crippen molar-refractivity contribution in [3.05, 3.63) is 82.4 Å². The first-order valence-electron chi connectivity index (χ1n) is 12.0. The van der Waals surface area contributed by atoms with Crippen molar-refractivity contribution in [1.29, 1.82) is 0 Å². The van der Waals surface area contributed by atoms with Crippen LogP contribution in [0.5, 0.6) is 6.01 Å². The van der Waals surface area contributed by atoms with Crippen LogP contribution in [0, 0.1) is 6.92 Å². The van der Waals surface area contributed by atoms with Gasteiger partial charge in [-0.3, -0.25) is 14.6 Å². The summed E-state index contributed by atoms with van der Waals surface area (Å²) in [4.78, 5) is 45.8. The summed E-state index contributed by atoms with van der Waals surface area (Å²) in [5, 5.41) is 6.69. The molecule has 0 bridgehead atoms. The lowest BCUT2D eigenvalue weighted by atomic mass is 10.0. The van der Waals surface area contributed by atoms with E-state index in [2.05, 4.69) is 15.4 Å². The number of rotatable bonds is 6. The molecule has 0 atom stereocenters. The highest BCUT2D eigenvalue weighted by Crippen LogP contribution is 2.32. The Labute approximate surface area is 218 Å². The van der Waals surface area contributed by atoms with Gasteiger partial charge in [-0.05, 0) is 60.0 Å². The molecule has 1 aliphatic heterocycles. The van der Waals surface area contributed by atoms with Crippen LogP contribution in [0.25, 0.3) is 16.8 Å². The van der Waals surface area contributed by atoms with Crippen molar-refractivity contribution in [1.82, 2.24) is 24.6 Å². The normalized spacial score (nSPS) is 13.2. The minimum absolute atomic E-state index is 0.200. The minimum atomic E-state index is -0.310. The average Bonchev–Trinajstić information content (AvgIpc) is 3.46. The summed E-state index contributed by atoms with van der Waals surface area (Å²) in [6, 6.07) is 16.3. The third-order valence-corrected chi connectivity index (χ3v) is 6.60. The van der Waals surface area contributed by atoms with Gasteiger partial charge in [-0.25, -0.2) is 23.8 Å². The maximum Gasteiger partial charge on any atom is 0.353 e. The molecule has 11 heteroatoms. The molecule has 1 N–H and O–H groups in total. The molecule has 0 radical (unpaired) electrons. The number of ether oxygens (including phenoxy) is 1. The summed E-state index contributed by atoms with van der Waals surface area (Å²) in [5.41, 5.74) is 4.14. The SMILES string of the molecule is CNC(=O)c1cccc(N2CCN(c3nccc(-c4ccc(-n5c(OC)nn(C)c5=O)cc4)c3C)C2=O)c1. The summed E-state index contributed by atoms with van der Waals surface area (Å²) in [7, 11) is 4.60. The minimum Gasteiger partial charge on any atom is -0.467 e. The average molecular weight is 514 g/mol. The van der Waals surface area contributed by atoms with Crippen LogP contribution in [0.1, 0.15) is 15.9 Å². The van der Waals surface area contributed by atoms with E-state index in [1.807, 2.05) is 43.3 Å². The van der Waals surface area contributed by atoms with E-state index in [9.17, 15) is 14.4 Å². The quantitative estimate of drug-likeness (QED) is 0.424. The standard InChI is InChI=1S/C27H27N7O4/c1-17-22(18-8-10-20(11-9-18)34-25(38-4)30-31(3)26(34)36)12-13-29-23(17)33-15-14-32(27(33)37)21-7-5-6-19(16-21)24(35)28-2/h5-13,16H,14-15H2,1-4H3,(H,28,35). The maximum absolute atomic E-state index is 13.4. The number of pyridine rings is 1. The lowest BCUT2D eigenvalue weighted by Crippen LogP contribution is -2.33. The second-order valence-electron chi connectivity index (χ2n) is 8.80. The summed E-state index contributed by atoms with van der Waals surface area (Å²) >= 11 is 0. The number of anilines is 2. The van der Waals surface area contributed by atoms with E-state index in [0.29, 0.717) is 35.8 Å². The number of nitrogens with zero attached hydrogens (tertiary/aromatic N) is 6. The predicted molar refractivity (Wildman–Crippen MR) is 143 cm³/mol. The molecule has 1 saturated heterocycles. The lowest BCUT2D eigenvalue weighted by molar-refractivity contribution is 0.0963. The summed E-state index contributed by atoms with van der Waals surface area (Å²) in [6.45, 7) is 2.86. The molecule has 4 aromatic rings. The molecule has 3 amide bonds. The van der Waals surface area contributed by atoms with Gasteiger partial charge in [0, 0.05) is 44.6 Å². The second-order valence-corrected chi connectivity index (χ2v) is 8.80. The van der Waals surface area contributed by atoms with Gasteiger partial charge < -0.3 is 10.1 Å². The van der Waals surface area contributed by atoms with Crippen molar-refractivity contribution in [2.75, 3.05) is 37.0 Å². The van der Waals surface area contributed by atoms with E-state index in [4.69, 9.17) is 4.74 Å². The molecule has 0 spiro atoms. The number of benzene rings is 2. The second kappa shape index (κ2) is 9.85. The highest BCUT2D eigenvalue weighted by molar-refractivity contribution is 6.07. The molecule has 11 nitrogen and oxygen atoms in total. The number of amides is 3. The number of methoxy groups -OCH3 is 1. The van der Waals surface area contributed by atoms with Gasteiger partial charge in [-0.2, -0.15) is 0 Å². The van der Waals surface area contributed by atoms with Crippen LogP contribution in [0.4, 0.5) is 16.3 Å². The van der Waals surface area contributed by atoms with Crippen molar-refractivity contribution >= 4 is 23.4 Å². The molecule has 1 fully saturated rings. The van der Waals surface area contributed by atoms with E-state index in [1.165, 1.54) is 16.4 Å². The van der Waals surface area contributed by atoms with Gasteiger partial charge in [-0.15, -0.1) is 5.10 Å². The number of urea groups is 1. The Hall–Kier alpha value is -4.93. The molecule has 38 heavy (non-hydrogen) atoms. The van der Waals surface area contributed by atoms with Crippen molar-refractivity contribution in [2.45, 2.75) is 6.92 Å². The Morgan fingerprint density at radius 1 is 1.00 bits per heavy atom. The summed E-state index contributed by atoms with van der Waals surface area (Å²) in [5.74, 6) is 0.366. The van der Waals surface area contributed by atoms with Crippen molar-refractivity contribution < 1.29 is 14.3 Å². The number of nitrogens with one attached hydrogen (secondary N) is 1. The van der Waals surface area contributed by atoms with E-state index in [1.54, 1.807) is 48.3 Å². The van der Waals surface area contributed by atoms with E-state index in [-0.39, 0.29) is 23.6 Å². The molecule has 1 aliphatic rings. The topological polar surface area (TPSA) is 115 Å². The maximum atomic E-state index is 13.4. The largest absolute Gasteiger partial charge is 0.467 e. The van der Waals surface area contributed by atoms with Crippen LogP contribution < -0.4 is 25.5 Å². The number of hydrogen-bond acceptors (Lipinski definition) is 6. The van der Waals surface area contributed by atoms with Gasteiger partial charge in [0.15, 0.2) is 0 Å². The zero-order valence-corrected chi connectivity index (χ0v) is 21.5. The van der Waals surface area contributed by atoms with Crippen LogP contribution in [-0.4, -0.2) is 58.5 Å². The third-order valence-electron chi connectivity index (χ3n) is 6.60. The van der Waals surface area contributed by atoms with Crippen LogP contribution in [0.3, 0.4) is 0 Å². The Kier molecular flexibility index (Phi) is 6.41. The van der Waals surface area contributed by atoms with Gasteiger partial charge in [0.25, 0.3) is 5.91 Å². The number of aromatic nitrogens is 4. The van der Waals surface area contributed by atoms with Gasteiger partial charge in [0.1, 0.15) is 5.82 Å². The fraction of sp³-hybridized carbons (Fsp3) is 0.222. The van der Waals surface area contributed by atoms with Crippen molar-refractivity contribution in [2.24, 2.45) is 7.05 Å². The smallest absolute Gasteiger partial charge is 0.353 e. The van der Waals surface area contributed by atoms with Gasteiger partial charge in [0.05, 0.1) is 12.8 Å². The zero-order valence-electron chi connectivity index (χ0n) is 21.5. The molecule has 194 valence electrons. The van der Waals surface area contributed by atoms with Crippen LogP contribution in [0.15, 0.2) is 65.6 Å². The van der Waals surface area contributed by atoms with E-state index >= 15 is 0 Å². The Morgan fingerprint density at radius 2 is 1.74 bits per heavy atom. The first-order chi connectivity index (χ1) is 18.3. The molecular weight excluding hydrogens is 486 g/mol. The van der Waals surface area contributed by atoms with Gasteiger partial charge >= 0.3 is 17.7 Å². The molecule has 0 saturated carbocycles. The fourth-order valence-corrected chi connectivity index (χ4v) is 4.63. The summed E-state index contributed by atoms with van der Waals surface area (Å²) in [6.07, 6.45) is 1.68. The van der Waals surface area contributed by atoms with Crippen molar-refractivity contribution in [3.63, 3.8) is 0 Å². The number of hydrogen-bond donors (Lipinski definition) is 1. The third kappa shape index (κ3) is 4.17. The molecule has 2 aromatic carbocycles. The van der Waals surface area contributed by atoms with E-state index in [0.717, 1.165) is 16.7 Å². The van der Waals surface area contributed by atoms with Crippen LogP contribution in [-0.2, 0) is 7.05 Å². The van der Waals surface area contributed by atoms with E-state index < -0.39 is 0 Å². The number of aryl methyl sites for hydroxylation is 1. The molecule has 2 aromatic heterocycles. The molecule has 3 heterocycles. The van der Waals surface area contributed by atoms with Crippen LogP contribution >= 0.6 is 0 Å². The van der Waals surface area contributed by atoms with Crippen molar-refractivity contribution in [3.8, 4) is 22.8 Å². The number of carbonyl (C=O) groups is 2. The Morgan fingerprint density at radius 3 is 2.45 bits per heavy atom. The fourth-order valence-electron chi connectivity index (χ4n) is 4.63. The predicted octanol–water partition coefficient (Wildman–Crippen LogP) is 2.76. The number of carbonyl (C=O) groups excluding carboxylic acids is 2. The van der Waals surface area contributed by atoms with Gasteiger partial charge in [-0.1, -0.05) is 18.2 Å². The monoisotopic (exact) mass is 513 g/mol. The van der Waals surface area contributed by atoms with Crippen LogP contribution in [0.2, 0.25) is 0 Å². The lowest BCUT2D eigenvalue weighted by Gasteiger charge is -2.21. The van der Waals surface area contributed by atoms with Gasteiger partial charge in [0.2, 0.25) is 0 Å². The first-order valence-corrected chi connectivity index (χ1v) is 12.0. The molecule has 0 unspecified atom stereocenters. The molecule has 0 aliphatic carbocycles. The highest BCUT2D eigenvalue weighted by atomic mass is 16.5. The molecular formula is C27H27N7O4. The molecule has 5 rings (SSSR count). The zero-order chi connectivity index (χ0) is 27.0. The summed E-state index contributed by atoms with van der Waals surface area (Å²) < 4.78 is 7.86. The first kappa shape index (κ1) is 24.8. The Balaban J connectivity index is 1.43. The Bertz CT molecular complexity index is 1590. The highest BCUT2D eigenvalue weighted by Gasteiger charge is 2.33.